The van der Waals surface area contributed by atoms with Gasteiger partial charge in [-0.05, 0) is 67.1 Å². The minimum Gasteiger partial charge on any atom is -0.368 e. The third-order valence-corrected chi connectivity index (χ3v) is 4.95. The van der Waals surface area contributed by atoms with E-state index in [-0.39, 0.29) is 17.8 Å². The number of amides is 1. The number of rotatable bonds is 6. The summed E-state index contributed by atoms with van der Waals surface area (Å²) in [4.78, 5) is 25.5. The quantitative estimate of drug-likeness (QED) is 0.466. The number of carbonyl (C=O) groups is 2. The molecule has 1 atom stereocenters. The number of nitrogens with one attached hydrogen (secondary N) is 1. The summed E-state index contributed by atoms with van der Waals surface area (Å²) in [5, 5.41) is 2.82. The third kappa shape index (κ3) is 4.84. The molecule has 1 N–H and O–H groups in total. The molecule has 2 aromatic rings. The smallest absolute Gasteiger partial charge is 0.253 e. The number of allylic oxidation sites excluding steroid dienone is 1. The maximum atomic E-state index is 12.3. The molecule has 1 saturated heterocycles. The van der Waals surface area contributed by atoms with Gasteiger partial charge in [0.25, 0.3) is 5.91 Å². The van der Waals surface area contributed by atoms with Crippen LogP contribution in [0.3, 0.4) is 0 Å². The van der Waals surface area contributed by atoms with E-state index in [1.54, 1.807) is 48.2 Å². The SMILES string of the molecule is CSc1ccc(/C=C/C(=O)c2ccc(NC(=O)C3CCCO3)cc2)cc1. The van der Waals surface area contributed by atoms with Gasteiger partial charge in [0.15, 0.2) is 5.78 Å². The normalized spacial score (nSPS) is 16.7. The van der Waals surface area contributed by atoms with Crippen LogP contribution in [0.5, 0.6) is 0 Å². The first-order valence-corrected chi connectivity index (χ1v) is 9.77. The molecule has 1 fully saturated rings. The fraction of sp³-hybridized carbons (Fsp3) is 0.238. The fourth-order valence-electron chi connectivity index (χ4n) is 2.71. The second kappa shape index (κ2) is 8.83. The predicted octanol–water partition coefficient (Wildman–Crippen LogP) is 4.42. The van der Waals surface area contributed by atoms with Crippen LogP contribution in [0.15, 0.2) is 59.5 Å². The first kappa shape index (κ1) is 18.4. The molecule has 26 heavy (non-hydrogen) atoms. The molecule has 0 spiro atoms. The molecule has 0 aromatic heterocycles. The summed E-state index contributed by atoms with van der Waals surface area (Å²) in [7, 11) is 0. The van der Waals surface area contributed by atoms with E-state index in [4.69, 9.17) is 4.74 Å². The van der Waals surface area contributed by atoms with Crippen LogP contribution in [0.4, 0.5) is 5.69 Å². The molecule has 3 rings (SSSR count). The minimum absolute atomic E-state index is 0.0732. The first-order chi connectivity index (χ1) is 12.7. The van der Waals surface area contributed by atoms with Gasteiger partial charge in [-0.2, -0.15) is 0 Å². The fourth-order valence-corrected chi connectivity index (χ4v) is 3.12. The summed E-state index contributed by atoms with van der Waals surface area (Å²) in [6, 6.07) is 14.9. The van der Waals surface area contributed by atoms with E-state index in [1.165, 1.54) is 4.90 Å². The second-order valence-electron chi connectivity index (χ2n) is 6.04. The van der Waals surface area contributed by atoms with Gasteiger partial charge >= 0.3 is 0 Å². The zero-order valence-electron chi connectivity index (χ0n) is 14.6. The lowest BCUT2D eigenvalue weighted by Gasteiger charge is -2.10. The summed E-state index contributed by atoms with van der Waals surface area (Å²) in [6.45, 7) is 0.637. The van der Waals surface area contributed by atoms with Crippen LogP contribution in [0.2, 0.25) is 0 Å². The number of ether oxygens (including phenoxy) is 1. The average Bonchev–Trinajstić information content (AvgIpc) is 3.22. The highest BCUT2D eigenvalue weighted by atomic mass is 32.2. The maximum Gasteiger partial charge on any atom is 0.253 e. The van der Waals surface area contributed by atoms with E-state index in [2.05, 4.69) is 5.32 Å². The van der Waals surface area contributed by atoms with Crippen LogP contribution in [-0.2, 0) is 9.53 Å². The Bertz CT molecular complexity index is 791. The maximum absolute atomic E-state index is 12.3. The summed E-state index contributed by atoms with van der Waals surface area (Å²) >= 11 is 1.68. The van der Waals surface area contributed by atoms with Crippen LogP contribution < -0.4 is 5.32 Å². The largest absolute Gasteiger partial charge is 0.368 e. The number of carbonyl (C=O) groups excluding carboxylic acids is 2. The lowest BCUT2D eigenvalue weighted by Crippen LogP contribution is -2.26. The van der Waals surface area contributed by atoms with Crippen LogP contribution >= 0.6 is 11.8 Å². The van der Waals surface area contributed by atoms with E-state index in [9.17, 15) is 9.59 Å². The number of hydrogen-bond donors (Lipinski definition) is 1. The van der Waals surface area contributed by atoms with E-state index in [0.717, 1.165) is 18.4 Å². The summed E-state index contributed by atoms with van der Waals surface area (Å²) in [5.74, 6) is -0.203. The molecule has 4 nitrogen and oxygen atoms in total. The van der Waals surface area contributed by atoms with E-state index < -0.39 is 0 Å². The number of anilines is 1. The van der Waals surface area contributed by atoms with Crippen LogP contribution in [0.25, 0.3) is 6.08 Å². The van der Waals surface area contributed by atoms with Crippen molar-refractivity contribution in [3.8, 4) is 0 Å². The Kier molecular flexibility index (Phi) is 6.26. The molecule has 0 bridgehead atoms. The van der Waals surface area contributed by atoms with Crippen molar-refractivity contribution in [1.29, 1.82) is 0 Å². The van der Waals surface area contributed by atoms with Gasteiger partial charge in [-0.25, -0.2) is 0 Å². The lowest BCUT2D eigenvalue weighted by molar-refractivity contribution is -0.124. The topological polar surface area (TPSA) is 55.4 Å². The zero-order chi connectivity index (χ0) is 18.4. The lowest BCUT2D eigenvalue weighted by atomic mass is 10.1. The molecule has 0 radical (unpaired) electrons. The molecule has 5 heteroatoms. The van der Waals surface area contributed by atoms with Gasteiger partial charge < -0.3 is 10.1 Å². The highest BCUT2D eigenvalue weighted by molar-refractivity contribution is 7.98. The number of thioether (sulfide) groups is 1. The van der Waals surface area contributed by atoms with Crippen LogP contribution in [0, 0.1) is 0 Å². The van der Waals surface area contributed by atoms with Crippen molar-refractivity contribution in [3.05, 3.63) is 65.7 Å². The highest BCUT2D eigenvalue weighted by Crippen LogP contribution is 2.17. The molecule has 1 aliphatic heterocycles. The van der Waals surface area contributed by atoms with E-state index in [0.29, 0.717) is 17.9 Å². The van der Waals surface area contributed by atoms with Gasteiger partial charge in [-0.3, -0.25) is 9.59 Å². The Labute approximate surface area is 157 Å². The molecule has 1 heterocycles. The van der Waals surface area contributed by atoms with Crippen LogP contribution in [0.1, 0.15) is 28.8 Å². The summed E-state index contributed by atoms with van der Waals surface area (Å²) in [6.07, 6.45) is 6.70. The Morgan fingerprint density at radius 1 is 1.12 bits per heavy atom. The molecular weight excluding hydrogens is 346 g/mol. The summed E-state index contributed by atoms with van der Waals surface area (Å²) in [5.41, 5.74) is 2.23. The van der Waals surface area contributed by atoms with Gasteiger partial charge in [0, 0.05) is 22.8 Å². The van der Waals surface area contributed by atoms with Crippen LogP contribution in [-0.4, -0.2) is 30.7 Å². The Balaban J connectivity index is 1.59. The number of benzene rings is 2. The molecule has 134 valence electrons. The van der Waals surface area contributed by atoms with Gasteiger partial charge in [0.2, 0.25) is 0 Å². The van der Waals surface area contributed by atoms with Crippen molar-refractivity contribution in [2.45, 2.75) is 23.8 Å². The second-order valence-corrected chi connectivity index (χ2v) is 6.92. The van der Waals surface area contributed by atoms with Crippen molar-refractivity contribution in [2.24, 2.45) is 0 Å². The molecule has 0 aliphatic carbocycles. The number of ketones is 1. The minimum atomic E-state index is -0.364. The van der Waals surface area contributed by atoms with Crippen molar-refractivity contribution in [2.75, 3.05) is 18.2 Å². The van der Waals surface area contributed by atoms with Crippen molar-refractivity contribution in [3.63, 3.8) is 0 Å². The molecule has 2 aromatic carbocycles. The molecule has 1 aliphatic rings. The molecule has 1 unspecified atom stereocenters. The Hall–Kier alpha value is -2.37. The molecule has 1 amide bonds. The zero-order valence-corrected chi connectivity index (χ0v) is 15.4. The number of hydrogen-bond acceptors (Lipinski definition) is 4. The van der Waals surface area contributed by atoms with Gasteiger partial charge in [-0.1, -0.05) is 18.2 Å². The Morgan fingerprint density at radius 3 is 2.46 bits per heavy atom. The van der Waals surface area contributed by atoms with Gasteiger partial charge in [0.05, 0.1) is 0 Å². The summed E-state index contributed by atoms with van der Waals surface area (Å²) < 4.78 is 5.36. The third-order valence-electron chi connectivity index (χ3n) is 4.20. The van der Waals surface area contributed by atoms with Gasteiger partial charge in [-0.15, -0.1) is 11.8 Å². The molecular formula is C21H21NO3S. The van der Waals surface area contributed by atoms with E-state index in [1.807, 2.05) is 30.5 Å². The van der Waals surface area contributed by atoms with E-state index >= 15 is 0 Å². The predicted molar refractivity (Wildman–Crippen MR) is 106 cm³/mol. The standard InChI is InChI=1S/C21H21NO3S/c1-26-18-11-4-15(5-12-18)6-13-19(23)16-7-9-17(10-8-16)22-21(24)20-3-2-14-25-20/h4-13,20H,2-3,14H2,1H3,(H,22,24)/b13-6+. The average molecular weight is 367 g/mol. The first-order valence-electron chi connectivity index (χ1n) is 8.55. The van der Waals surface area contributed by atoms with Crippen molar-refractivity contribution >= 4 is 35.2 Å². The van der Waals surface area contributed by atoms with Crippen molar-refractivity contribution in [1.82, 2.24) is 0 Å². The molecule has 0 saturated carbocycles. The van der Waals surface area contributed by atoms with Crippen molar-refractivity contribution < 1.29 is 14.3 Å². The van der Waals surface area contributed by atoms with Gasteiger partial charge in [0.1, 0.15) is 6.10 Å². The Morgan fingerprint density at radius 2 is 1.85 bits per heavy atom. The highest BCUT2D eigenvalue weighted by Gasteiger charge is 2.23. The monoisotopic (exact) mass is 367 g/mol.